The Morgan fingerprint density at radius 3 is 2.33 bits per heavy atom. The van der Waals surface area contributed by atoms with Gasteiger partial charge in [0.15, 0.2) is 0 Å². The molecule has 0 radical (unpaired) electrons. The molecule has 0 heterocycles. The number of hydrogen-bond donors (Lipinski definition) is 5. The minimum Gasteiger partial charge on any atom is -0.391 e. The van der Waals surface area contributed by atoms with E-state index >= 15 is 0 Å². The van der Waals surface area contributed by atoms with Gasteiger partial charge in [-0.1, -0.05) is 37.1 Å². The first-order chi connectivity index (χ1) is 18.3. The Hall–Kier alpha value is -3.44. The normalized spacial score (nSPS) is 12.9. The van der Waals surface area contributed by atoms with Crippen molar-refractivity contribution in [2.24, 2.45) is 0 Å². The summed E-state index contributed by atoms with van der Waals surface area (Å²) in [6, 6.07) is 7.88. The third-order valence-electron chi connectivity index (χ3n) is 6.04. The maximum atomic E-state index is 13.3. The predicted octanol–water partition coefficient (Wildman–Crippen LogP) is 3.84. The topological polar surface area (TPSA) is 120 Å². The highest BCUT2D eigenvalue weighted by Crippen LogP contribution is 2.32. The molecular weight excluding hydrogens is 513 g/mol. The van der Waals surface area contributed by atoms with Gasteiger partial charge in [-0.15, -0.1) is 0 Å². The molecule has 0 aliphatic carbocycles. The molecule has 0 unspecified atom stereocenters. The number of benzene rings is 2. The number of aliphatic hydroxyl groups excluding tert-OH is 1. The molecule has 0 aromatic heterocycles. The fraction of sp³-hybridized carbons (Fsp3) is 0.464. The van der Waals surface area contributed by atoms with E-state index < -0.39 is 48.0 Å². The number of nitrogens with one attached hydrogen (secondary N) is 4. The van der Waals surface area contributed by atoms with Crippen molar-refractivity contribution in [2.45, 2.75) is 71.8 Å². The Labute approximate surface area is 226 Å². The number of rotatable bonds is 13. The van der Waals surface area contributed by atoms with Crippen LogP contribution in [-0.4, -0.2) is 48.1 Å². The maximum absolute atomic E-state index is 13.3. The number of halogens is 3. The van der Waals surface area contributed by atoms with Gasteiger partial charge in [0.05, 0.1) is 17.7 Å². The van der Waals surface area contributed by atoms with Crippen LogP contribution in [0.15, 0.2) is 36.4 Å². The highest BCUT2D eigenvalue weighted by molar-refractivity contribution is 6.04. The van der Waals surface area contributed by atoms with E-state index in [0.29, 0.717) is 31.5 Å². The lowest BCUT2D eigenvalue weighted by atomic mass is 10.0. The minimum atomic E-state index is -4.74. The van der Waals surface area contributed by atoms with Gasteiger partial charge in [0.25, 0.3) is 5.91 Å². The van der Waals surface area contributed by atoms with Gasteiger partial charge < -0.3 is 26.4 Å². The van der Waals surface area contributed by atoms with Gasteiger partial charge in [0, 0.05) is 30.9 Å². The summed E-state index contributed by atoms with van der Waals surface area (Å²) in [5.41, 5.74) is 1.68. The van der Waals surface area contributed by atoms with Crippen LogP contribution in [0.5, 0.6) is 0 Å². The molecule has 5 N–H and O–H groups in total. The van der Waals surface area contributed by atoms with Gasteiger partial charge in [-0.25, -0.2) is 0 Å². The van der Waals surface area contributed by atoms with Crippen LogP contribution in [0.25, 0.3) is 0 Å². The fourth-order valence-corrected chi connectivity index (χ4v) is 4.05. The smallest absolute Gasteiger partial charge is 0.391 e. The SMILES string of the molecule is CCC[C@H](O)[C@H](CNCc1ccc(C)cc1C)NC(=O)CC(=O)Nc1cc(C(=O)NCC)cc(C(F)(F)F)c1. The molecule has 0 aliphatic heterocycles. The molecule has 214 valence electrons. The Morgan fingerprint density at radius 1 is 1.00 bits per heavy atom. The number of anilines is 1. The second-order valence-corrected chi connectivity index (χ2v) is 9.47. The van der Waals surface area contributed by atoms with Gasteiger partial charge in [-0.3, -0.25) is 14.4 Å². The molecular formula is C28H37F3N4O4. The summed E-state index contributed by atoms with van der Waals surface area (Å²) in [6.45, 7) is 8.48. The van der Waals surface area contributed by atoms with E-state index in [1.54, 1.807) is 6.92 Å². The van der Waals surface area contributed by atoms with Gasteiger partial charge in [0.1, 0.15) is 6.42 Å². The lowest BCUT2D eigenvalue weighted by Gasteiger charge is -2.24. The zero-order valence-electron chi connectivity index (χ0n) is 22.7. The number of alkyl halides is 3. The van der Waals surface area contributed by atoms with E-state index in [-0.39, 0.29) is 24.3 Å². The second kappa shape index (κ2) is 14.6. The summed E-state index contributed by atoms with van der Waals surface area (Å²) in [4.78, 5) is 37.2. The lowest BCUT2D eigenvalue weighted by molar-refractivity contribution is -0.137. The zero-order valence-corrected chi connectivity index (χ0v) is 22.7. The third kappa shape index (κ3) is 10.3. The molecule has 2 aromatic carbocycles. The molecule has 0 aliphatic rings. The minimum absolute atomic E-state index is 0.210. The van der Waals surface area contributed by atoms with Crippen LogP contribution in [0.2, 0.25) is 0 Å². The molecule has 0 saturated carbocycles. The number of amides is 3. The molecule has 8 nitrogen and oxygen atoms in total. The molecule has 3 amide bonds. The van der Waals surface area contributed by atoms with Crippen LogP contribution in [0.3, 0.4) is 0 Å². The molecule has 2 atom stereocenters. The number of hydrogen-bond acceptors (Lipinski definition) is 5. The Bertz CT molecular complexity index is 1150. The fourth-order valence-electron chi connectivity index (χ4n) is 4.05. The second-order valence-electron chi connectivity index (χ2n) is 9.47. The predicted molar refractivity (Wildman–Crippen MR) is 143 cm³/mol. The summed E-state index contributed by atoms with van der Waals surface area (Å²) in [5, 5.41) is 21.1. The molecule has 0 saturated heterocycles. The molecule has 2 rings (SSSR count). The van der Waals surface area contributed by atoms with Crippen molar-refractivity contribution >= 4 is 23.4 Å². The third-order valence-corrected chi connectivity index (χ3v) is 6.04. The van der Waals surface area contributed by atoms with E-state index in [9.17, 15) is 32.7 Å². The largest absolute Gasteiger partial charge is 0.416 e. The Kier molecular flexibility index (Phi) is 11.9. The van der Waals surface area contributed by atoms with Gasteiger partial charge >= 0.3 is 6.18 Å². The summed E-state index contributed by atoms with van der Waals surface area (Å²) in [5.74, 6) is -2.28. The highest BCUT2D eigenvalue weighted by Gasteiger charge is 2.32. The summed E-state index contributed by atoms with van der Waals surface area (Å²) >= 11 is 0. The molecule has 39 heavy (non-hydrogen) atoms. The molecule has 11 heteroatoms. The quantitative estimate of drug-likeness (QED) is 0.243. The van der Waals surface area contributed by atoms with E-state index in [0.717, 1.165) is 22.8 Å². The Morgan fingerprint density at radius 2 is 1.72 bits per heavy atom. The average Bonchev–Trinajstić information content (AvgIpc) is 2.84. The highest BCUT2D eigenvalue weighted by atomic mass is 19.4. The zero-order chi connectivity index (χ0) is 29.2. The van der Waals surface area contributed by atoms with Crippen molar-refractivity contribution in [2.75, 3.05) is 18.4 Å². The van der Waals surface area contributed by atoms with Crippen LogP contribution in [0, 0.1) is 13.8 Å². The van der Waals surface area contributed by atoms with Crippen molar-refractivity contribution in [1.82, 2.24) is 16.0 Å². The Balaban J connectivity index is 2.05. The maximum Gasteiger partial charge on any atom is 0.416 e. The number of carbonyl (C=O) groups is 3. The van der Waals surface area contributed by atoms with E-state index in [1.807, 2.05) is 32.9 Å². The lowest BCUT2D eigenvalue weighted by Crippen LogP contribution is -2.49. The summed E-state index contributed by atoms with van der Waals surface area (Å²) < 4.78 is 40.0. The van der Waals surface area contributed by atoms with Crippen LogP contribution >= 0.6 is 0 Å². The van der Waals surface area contributed by atoms with Crippen molar-refractivity contribution in [1.29, 1.82) is 0 Å². The standard InChI is InChI=1S/C28H37F3N4O4/c1-5-7-24(36)23(16-32-15-19-9-8-17(3)10-18(19)4)35-26(38)14-25(37)34-22-12-20(27(39)33-6-2)11-21(13-22)28(29,30)31/h8-13,23-24,32,36H,5-7,14-16H2,1-4H3,(H,33,39)(H,34,37)(H,35,38)/t23-,24-/m0/s1. The molecule has 0 fully saturated rings. The number of aryl methyl sites for hydroxylation is 2. The van der Waals surface area contributed by atoms with Crippen molar-refractivity contribution < 1.29 is 32.7 Å². The van der Waals surface area contributed by atoms with Crippen molar-refractivity contribution in [3.63, 3.8) is 0 Å². The van der Waals surface area contributed by atoms with E-state index in [4.69, 9.17) is 0 Å². The first kappa shape index (κ1) is 31.8. The van der Waals surface area contributed by atoms with Crippen molar-refractivity contribution in [3.05, 3.63) is 64.2 Å². The van der Waals surface area contributed by atoms with E-state index in [2.05, 4.69) is 27.3 Å². The average molecular weight is 551 g/mol. The summed E-state index contributed by atoms with van der Waals surface area (Å²) in [6.07, 6.45) is -5.19. The van der Waals surface area contributed by atoms with Gasteiger partial charge in [-0.2, -0.15) is 13.2 Å². The van der Waals surface area contributed by atoms with E-state index in [1.165, 1.54) is 0 Å². The van der Waals surface area contributed by atoms with Gasteiger partial charge in [0.2, 0.25) is 11.8 Å². The molecule has 0 spiro atoms. The molecule has 0 bridgehead atoms. The van der Waals surface area contributed by atoms with Crippen LogP contribution < -0.4 is 21.3 Å². The molecule has 2 aromatic rings. The van der Waals surface area contributed by atoms with Crippen LogP contribution in [-0.2, 0) is 22.3 Å². The van der Waals surface area contributed by atoms with Crippen LogP contribution in [0.4, 0.5) is 18.9 Å². The first-order valence-corrected chi connectivity index (χ1v) is 12.9. The number of carbonyl (C=O) groups excluding carboxylic acids is 3. The first-order valence-electron chi connectivity index (χ1n) is 12.9. The monoisotopic (exact) mass is 550 g/mol. The summed E-state index contributed by atoms with van der Waals surface area (Å²) in [7, 11) is 0. The van der Waals surface area contributed by atoms with Crippen LogP contribution in [0.1, 0.15) is 65.7 Å². The van der Waals surface area contributed by atoms with Crippen molar-refractivity contribution in [3.8, 4) is 0 Å². The number of aliphatic hydroxyl groups is 1. The van der Waals surface area contributed by atoms with Gasteiger partial charge in [-0.05, 0) is 56.5 Å².